The highest BCUT2D eigenvalue weighted by molar-refractivity contribution is 7.47. The number of carbonyl (C=O) groups excluding carboxylic acids is 4. The van der Waals surface area contributed by atoms with Gasteiger partial charge < -0.3 is 33.8 Å². The number of unbranched alkanes of at least 4 members (excludes halogenated alkanes) is 39. The Labute approximate surface area is 549 Å². The minimum atomic E-state index is -4.95. The number of hydrogen-bond donors (Lipinski definition) is 3. The summed E-state index contributed by atoms with van der Waals surface area (Å²) >= 11 is 0. The highest BCUT2D eigenvalue weighted by Gasteiger charge is 2.30. The van der Waals surface area contributed by atoms with E-state index in [0.29, 0.717) is 25.7 Å². The van der Waals surface area contributed by atoms with Crippen molar-refractivity contribution in [1.82, 2.24) is 0 Å². The molecule has 534 valence electrons. The second-order valence-corrected chi connectivity index (χ2v) is 29.3. The predicted molar refractivity (Wildman–Crippen MR) is 363 cm³/mol. The van der Waals surface area contributed by atoms with Crippen molar-refractivity contribution >= 4 is 39.5 Å². The van der Waals surface area contributed by atoms with Gasteiger partial charge in [0, 0.05) is 25.7 Å². The molecule has 0 aromatic heterocycles. The third kappa shape index (κ3) is 63.5. The fourth-order valence-corrected chi connectivity index (χ4v) is 12.3. The third-order valence-corrected chi connectivity index (χ3v) is 18.7. The lowest BCUT2D eigenvalue weighted by molar-refractivity contribution is -0.161. The number of carbonyl (C=O) groups is 4. The van der Waals surface area contributed by atoms with Gasteiger partial charge in [-0.25, -0.2) is 9.13 Å². The molecule has 0 aromatic rings. The molecule has 17 nitrogen and oxygen atoms in total. The first-order valence-electron chi connectivity index (χ1n) is 37.0. The topological polar surface area (TPSA) is 237 Å². The molecule has 0 aromatic carbocycles. The highest BCUT2D eigenvalue weighted by atomic mass is 31.2. The SMILES string of the molecule is CCCCCCCCCCCCCCCCCCCCC(=O)O[C@H](COC(=O)CCCCCCCCCCCCCCC(C)C)COP(=O)(O)OC[C@@H](O)COP(=O)(O)OC[C@@H](COC(=O)CCCCCCCCC)OC(=O)CCCCCCCCC(C)CC. The van der Waals surface area contributed by atoms with Crippen molar-refractivity contribution in [3.8, 4) is 0 Å². The van der Waals surface area contributed by atoms with Crippen molar-refractivity contribution in [2.45, 2.75) is 381 Å². The number of ether oxygens (including phenoxy) is 4. The van der Waals surface area contributed by atoms with Crippen LogP contribution in [0.4, 0.5) is 0 Å². The van der Waals surface area contributed by atoms with Crippen molar-refractivity contribution in [3.05, 3.63) is 0 Å². The van der Waals surface area contributed by atoms with Crippen molar-refractivity contribution in [2.75, 3.05) is 39.6 Å². The minimum Gasteiger partial charge on any atom is -0.462 e. The van der Waals surface area contributed by atoms with E-state index >= 15 is 0 Å². The largest absolute Gasteiger partial charge is 0.472 e. The summed E-state index contributed by atoms with van der Waals surface area (Å²) in [6.07, 6.45) is 48.8. The fourth-order valence-electron chi connectivity index (χ4n) is 10.7. The summed E-state index contributed by atoms with van der Waals surface area (Å²) in [6, 6.07) is 0. The third-order valence-electron chi connectivity index (χ3n) is 16.8. The van der Waals surface area contributed by atoms with Gasteiger partial charge in [-0.15, -0.1) is 0 Å². The first kappa shape index (κ1) is 88.1. The van der Waals surface area contributed by atoms with E-state index in [1.54, 1.807) is 0 Å². The van der Waals surface area contributed by atoms with Gasteiger partial charge in [0.25, 0.3) is 0 Å². The molecule has 0 aliphatic rings. The normalized spacial score (nSPS) is 14.4. The molecule has 0 radical (unpaired) electrons. The van der Waals surface area contributed by atoms with Crippen LogP contribution >= 0.6 is 15.6 Å². The van der Waals surface area contributed by atoms with Crippen LogP contribution in [0.5, 0.6) is 0 Å². The molecule has 0 aliphatic carbocycles. The maximum Gasteiger partial charge on any atom is 0.472 e. The van der Waals surface area contributed by atoms with Crippen molar-refractivity contribution < 1.29 is 80.2 Å². The summed E-state index contributed by atoms with van der Waals surface area (Å²) in [6.45, 7) is 9.48. The van der Waals surface area contributed by atoms with Gasteiger partial charge in [-0.3, -0.25) is 37.3 Å². The zero-order valence-electron chi connectivity index (χ0n) is 58.4. The molecule has 90 heavy (non-hydrogen) atoms. The minimum absolute atomic E-state index is 0.103. The molecule has 0 saturated carbocycles. The van der Waals surface area contributed by atoms with Crippen LogP contribution in [0.3, 0.4) is 0 Å². The summed E-state index contributed by atoms with van der Waals surface area (Å²) in [4.78, 5) is 72.4. The van der Waals surface area contributed by atoms with E-state index in [-0.39, 0.29) is 25.7 Å². The van der Waals surface area contributed by atoms with Gasteiger partial charge in [-0.2, -0.15) is 0 Å². The van der Waals surface area contributed by atoms with Crippen LogP contribution in [0.15, 0.2) is 0 Å². The van der Waals surface area contributed by atoms with Crippen LogP contribution in [0.2, 0.25) is 0 Å². The number of rotatable bonds is 70. The van der Waals surface area contributed by atoms with Crippen molar-refractivity contribution in [2.24, 2.45) is 11.8 Å². The number of esters is 4. The molecule has 0 amide bonds. The van der Waals surface area contributed by atoms with Crippen LogP contribution in [-0.2, 0) is 65.4 Å². The van der Waals surface area contributed by atoms with E-state index in [9.17, 15) is 43.2 Å². The number of aliphatic hydroxyl groups excluding tert-OH is 1. The summed E-state index contributed by atoms with van der Waals surface area (Å²) in [7, 11) is -9.90. The molecule has 3 unspecified atom stereocenters. The van der Waals surface area contributed by atoms with Crippen LogP contribution in [0.1, 0.15) is 363 Å². The van der Waals surface area contributed by atoms with E-state index in [0.717, 1.165) is 115 Å². The Kier molecular flexibility index (Phi) is 61.8. The van der Waals surface area contributed by atoms with Crippen LogP contribution in [0, 0.1) is 11.8 Å². The molecule has 0 spiro atoms. The quantitative estimate of drug-likeness (QED) is 0.0222. The van der Waals surface area contributed by atoms with E-state index in [1.165, 1.54) is 167 Å². The van der Waals surface area contributed by atoms with Gasteiger partial charge in [-0.1, -0.05) is 311 Å². The molecule has 19 heteroatoms. The summed E-state index contributed by atoms with van der Waals surface area (Å²) < 4.78 is 68.2. The van der Waals surface area contributed by atoms with Gasteiger partial charge in [0.2, 0.25) is 0 Å². The number of aliphatic hydroxyl groups is 1. The van der Waals surface area contributed by atoms with Gasteiger partial charge >= 0.3 is 39.5 Å². The molecule has 6 atom stereocenters. The molecule has 0 heterocycles. The summed E-state index contributed by atoms with van der Waals surface area (Å²) in [5.41, 5.74) is 0. The number of hydrogen-bond acceptors (Lipinski definition) is 15. The molecule has 0 bridgehead atoms. The van der Waals surface area contributed by atoms with Crippen LogP contribution < -0.4 is 0 Å². The average Bonchev–Trinajstić information content (AvgIpc) is 3.70. The Morgan fingerprint density at radius 1 is 0.322 bits per heavy atom. The first-order chi connectivity index (χ1) is 43.4. The molecule has 0 fully saturated rings. The molecule has 3 N–H and O–H groups in total. The van der Waals surface area contributed by atoms with Crippen molar-refractivity contribution in [3.63, 3.8) is 0 Å². The van der Waals surface area contributed by atoms with Gasteiger partial charge in [0.15, 0.2) is 12.2 Å². The Morgan fingerprint density at radius 3 is 0.844 bits per heavy atom. The highest BCUT2D eigenvalue weighted by Crippen LogP contribution is 2.45. The zero-order chi connectivity index (χ0) is 66.5. The molecule has 0 saturated heterocycles. The first-order valence-corrected chi connectivity index (χ1v) is 40.0. The summed E-state index contributed by atoms with van der Waals surface area (Å²) in [5.74, 6) is -0.627. The van der Waals surface area contributed by atoms with Gasteiger partial charge in [0.1, 0.15) is 19.3 Å². The van der Waals surface area contributed by atoms with Gasteiger partial charge in [0.05, 0.1) is 26.4 Å². The Morgan fingerprint density at radius 2 is 0.567 bits per heavy atom. The predicted octanol–water partition coefficient (Wildman–Crippen LogP) is 20.4. The molecular weight excluding hydrogens is 1190 g/mol. The lowest BCUT2D eigenvalue weighted by Gasteiger charge is -2.21. The Bertz CT molecular complexity index is 1750. The van der Waals surface area contributed by atoms with E-state index < -0.39 is 97.5 Å². The smallest absolute Gasteiger partial charge is 0.462 e. The van der Waals surface area contributed by atoms with Gasteiger partial charge in [-0.05, 0) is 37.5 Å². The Hall–Kier alpha value is -1.94. The standard InChI is InChI=1S/C71H138O17P2/c1-7-10-12-14-16-17-18-19-20-21-22-23-24-29-32-36-43-49-55-70(75)87-66(60-82-69(74)54-48-42-35-31-28-26-25-27-30-34-39-45-51-63(4)5)61-85-89(77,78)83-57-65(72)58-84-90(79,80)86-62-67(59-81-68(73)53-47-41-33-15-13-11-8-2)88-71(76)56-50-44-38-37-40-46-52-64(6)9-3/h63-67,72H,7-62H2,1-6H3,(H,77,78)(H,79,80)/t64?,65-,66-,67-/m1/s1. The van der Waals surface area contributed by atoms with E-state index in [4.69, 9.17) is 37.0 Å². The lowest BCUT2D eigenvalue weighted by atomic mass is 10.00. The monoisotopic (exact) mass is 1320 g/mol. The zero-order valence-corrected chi connectivity index (χ0v) is 60.2. The molecular formula is C71H138O17P2. The average molecular weight is 1330 g/mol. The van der Waals surface area contributed by atoms with Crippen LogP contribution in [-0.4, -0.2) is 96.7 Å². The van der Waals surface area contributed by atoms with E-state index in [1.807, 2.05) is 0 Å². The fraction of sp³-hybridized carbons (Fsp3) is 0.944. The Balaban J connectivity index is 5.19. The number of phosphoric acid groups is 2. The summed E-state index contributed by atoms with van der Waals surface area (Å²) in [5, 5.41) is 10.6. The maximum atomic E-state index is 13.0. The molecule has 0 aliphatic heterocycles. The second-order valence-electron chi connectivity index (χ2n) is 26.3. The molecule has 0 rings (SSSR count). The van der Waals surface area contributed by atoms with Crippen molar-refractivity contribution in [1.29, 1.82) is 0 Å². The lowest BCUT2D eigenvalue weighted by Crippen LogP contribution is -2.30. The maximum absolute atomic E-state index is 13.0. The number of phosphoric ester groups is 2. The second kappa shape index (κ2) is 63.1. The van der Waals surface area contributed by atoms with Crippen LogP contribution in [0.25, 0.3) is 0 Å². The van der Waals surface area contributed by atoms with E-state index in [2.05, 4.69) is 41.5 Å².